The largest absolute Gasteiger partial charge is 0.493 e. The molecule has 21 heavy (non-hydrogen) atoms. The topological polar surface area (TPSA) is 67.8 Å². The standard InChI is InChI=1S/C15H22BrNO4/c1-4-6-12(15(18)19)17-9-10-7-11(16)14(21-5-2)13(8-10)20-3/h7-8,12,17H,4-6,9H2,1-3H3,(H,18,19). The maximum absolute atomic E-state index is 11.1. The van der Waals surface area contributed by atoms with E-state index in [0.29, 0.717) is 31.1 Å². The minimum absolute atomic E-state index is 0.457. The highest BCUT2D eigenvalue weighted by atomic mass is 79.9. The van der Waals surface area contributed by atoms with Crippen molar-refractivity contribution in [2.24, 2.45) is 0 Å². The summed E-state index contributed by atoms with van der Waals surface area (Å²) < 4.78 is 11.6. The molecule has 0 aliphatic heterocycles. The maximum Gasteiger partial charge on any atom is 0.320 e. The van der Waals surface area contributed by atoms with Crippen LogP contribution in [0.5, 0.6) is 11.5 Å². The summed E-state index contributed by atoms with van der Waals surface area (Å²) in [6.07, 6.45) is 1.42. The van der Waals surface area contributed by atoms with Gasteiger partial charge in [-0.2, -0.15) is 0 Å². The molecule has 118 valence electrons. The lowest BCUT2D eigenvalue weighted by molar-refractivity contribution is -0.139. The molecular weight excluding hydrogens is 338 g/mol. The number of rotatable bonds is 9. The lowest BCUT2D eigenvalue weighted by atomic mass is 10.1. The minimum atomic E-state index is -0.825. The number of carboxylic acids is 1. The molecule has 0 aliphatic rings. The second-order valence-electron chi connectivity index (χ2n) is 4.60. The second-order valence-corrected chi connectivity index (χ2v) is 5.46. The van der Waals surface area contributed by atoms with Crippen molar-refractivity contribution >= 4 is 21.9 Å². The van der Waals surface area contributed by atoms with E-state index in [9.17, 15) is 4.79 Å². The molecule has 1 aromatic rings. The van der Waals surface area contributed by atoms with Gasteiger partial charge in [0.1, 0.15) is 6.04 Å². The minimum Gasteiger partial charge on any atom is -0.493 e. The quantitative estimate of drug-likeness (QED) is 0.708. The fourth-order valence-corrected chi connectivity index (χ4v) is 2.61. The van der Waals surface area contributed by atoms with Gasteiger partial charge in [0.25, 0.3) is 0 Å². The molecule has 0 radical (unpaired) electrons. The Hall–Kier alpha value is -1.27. The average Bonchev–Trinajstić information content (AvgIpc) is 2.45. The third-order valence-corrected chi connectivity index (χ3v) is 3.59. The summed E-state index contributed by atoms with van der Waals surface area (Å²) >= 11 is 3.46. The van der Waals surface area contributed by atoms with Crippen LogP contribution in [0.4, 0.5) is 0 Å². The summed E-state index contributed by atoms with van der Waals surface area (Å²) in [6, 6.07) is 3.23. The van der Waals surface area contributed by atoms with Gasteiger partial charge in [-0.1, -0.05) is 13.3 Å². The Morgan fingerprint density at radius 1 is 1.43 bits per heavy atom. The van der Waals surface area contributed by atoms with Crippen LogP contribution in [0.25, 0.3) is 0 Å². The van der Waals surface area contributed by atoms with E-state index >= 15 is 0 Å². The summed E-state index contributed by atoms with van der Waals surface area (Å²) in [5, 5.41) is 12.2. The fourth-order valence-electron chi connectivity index (χ4n) is 2.00. The van der Waals surface area contributed by atoms with Crippen LogP contribution in [0, 0.1) is 0 Å². The normalized spacial score (nSPS) is 12.0. The van der Waals surface area contributed by atoms with Gasteiger partial charge in [-0.15, -0.1) is 0 Å². The molecule has 2 N–H and O–H groups in total. The molecule has 5 nitrogen and oxygen atoms in total. The van der Waals surface area contributed by atoms with Crippen molar-refractivity contribution in [2.75, 3.05) is 13.7 Å². The van der Waals surface area contributed by atoms with Crippen molar-refractivity contribution in [3.8, 4) is 11.5 Å². The first kappa shape index (κ1) is 17.8. The first-order chi connectivity index (χ1) is 10.0. The Bertz CT molecular complexity index is 479. The van der Waals surface area contributed by atoms with E-state index in [-0.39, 0.29) is 0 Å². The van der Waals surface area contributed by atoms with Crippen LogP contribution in [-0.4, -0.2) is 30.8 Å². The van der Waals surface area contributed by atoms with Gasteiger partial charge in [0.05, 0.1) is 18.2 Å². The number of halogens is 1. The summed E-state index contributed by atoms with van der Waals surface area (Å²) in [7, 11) is 1.58. The molecule has 1 aromatic carbocycles. The van der Waals surface area contributed by atoms with E-state index in [1.54, 1.807) is 7.11 Å². The van der Waals surface area contributed by atoms with Crippen molar-refractivity contribution in [3.63, 3.8) is 0 Å². The molecule has 1 atom stereocenters. The molecule has 0 bridgehead atoms. The van der Waals surface area contributed by atoms with Gasteiger partial charge in [0, 0.05) is 6.54 Å². The van der Waals surface area contributed by atoms with Crippen LogP contribution < -0.4 is 14.8 Å². The molecule has 1 rings (SSSR count). The first-order valence-corrected chi connectivity index (χ1v) is 7.78. The number of benzene rings is 1. The summed E-state index contributed by atoms with van der Waals surface area (Å²) in [6.45, 7) is 4.88. The lowest BCUT2D eigenvalue weighted by Gasteiger charge is -2.16. The molecule has 0 aromatic heterocycles. The van der Waals surface area contributed by atoms with E-state index in [1.165, 1.54) is 0 Å². The monoisotopic (exact) mass is 359 g/mol. The summed E-state index contributed by atoms with van der Waals surface area (Å²) in [4.78, 5) is 11.1. The van der Waals surface area contributed by atoms with E-state index in [4.69, 9.17) is 14.6 Å². The SMILES string of the molecule is CCCC(NCc1cc(Br)c(OCC)c(OC)c1)C(=O)O. The highest BCUT2D eigenvalue weighted by Crippen LogP contribution is 2.36. The van der Waals surface area contributed by atoms with Crippen molar-refractivity contribution in [2.45, 2.75) is 39.3 Å². The molecule has 0 heterocycles. The maximum atomic E-state index is 11.1. The number of nitrogens with one attached hydrogen (secondary N) is 1. The van der Waals surface area contributed by atoms with E-state index < -0.39 is 12.0 Å². The zero-order valence-corrected chi connectivity index (χ0v) is 14.2. The summed E-state index contributed by atoms with van der Waals surface area (Å²) in [5.41, 5.74) is 0.935. The smallest absolute Gasteiger partial charge is 0.320 e. The van der Waals surface area contributed by atoms with Gasteiger partial charge >= 0.3 is 5.97 Å². The van der Waals surface area contributed by atoms with Crippen LogP contribution in [0.15, 0.2) is 16.6 Å². The molecule has 1 unspecified atom stereocenters. The van der Waals surface area contributed by atoms with E-state index in [2.05, 4.69) is 21.2 Å². The van der Waals surface area contributed by atoms with Crippen LogP contribution in [0.3, 0.4) is 0 Å². The van der Waals surface area contributed by atoms with Crippen LogP contribution >= 0.6 is 15.9 Å². The van der Waals surface area contributed by atoms with Crippen molar-refractivity contribution in [3.05, 3.63) is 22.2 Å². The first-order valence-electron chi connectivity index (χ1n) is 6.98. The molecular formula is C15H22BrNO4. The van der Waals surface area contributed by atoms with Gasteiger partial charge in [-0.05, 0) is 47.0 Å². The Morgan fingerprint density at radius 3 is 2.67 bits per heavy atom. The lowest BCUT2D eigenvalue weighted by Crippen LogP contribution is -2.36. The second kappa shape index (κ2) is 8.89. The summed E-state index contributed by atoms with van der Waals surface area (Å²) in [5.74, 6) is 0.464. The zero-order valence-electron chi connectivity index (χ0n) is 12.6. The predicted octanol–water partition coefficient (Wildman–Crippen LogP) is 3.20. The van der Waals surface area contributed by atoms with Gasteiger partial charge in [0.2, 0.25) is 0 Å². The third kappa shape index (κ3) is 5.21. The number of carboxylic acid groups (broad SMARTS) is 1. The van der Waals surface area contributed by atoms with Gasteiger partial charge < -0.3 is 19.9 Å². The molecule has 0 fully saturated rings. The third-order valence-electron chi connectivity index (χ3n) is 3.01. The van der Waals surface area contributed by atoms with Gasteiger partial charge in [-0.25, -0.2) is 0 Å². The number of hydrogen-bond donors (Lipinski definition) is 2. The number of carbonyl (C=O) groups is 1. The highest BCUT2D eigenvalue weighted by molar-refractivity contribution is 9.10. The number of methoxy groups -OCH3 is 1. The van der Waals surface area contributed by atoms with Gasteiger partial charge in [0.15, 0.2) is 11.5 Å². The van der Waals surface area contributed by atoms with E-state index in [1.807, 2.05) is 26.0 Å². The highest BCUT2D eigenvalue weighted by Gasteiger charge is 2.16. The molecule has 6 heteroatoms. The predicted molar refractivity (Wildman–Crippen MR) is 85.0 cm³/mol. The molecule has 0 aliphatic carbocycles. The molecule has 0 saturated carbocycles. The van der Waals surface area contributed by atoms with Crippen LogP contribution in [0.1, 0.15) is 32.3 Å². The number of ether oxygens (including phenoxy) is 2. The molecule has 0 amide bonds. The van der Waals surface area contributed by atoms with Crippen molar-refractivity contribution in [1.82, 2.24) is 5.32 Å². The zero-order chi connectivity index (χ0) is 15.8. The van der Waals surface area contributed by atoms with Crippen molar-refractivity contribution < 1.29 is 19.4 Å². The Kier molecular flexibility index (Phi) is 7.53. The molecule has 0 saturated heterocycles. The van der Waals surface area contributed by atoms with Crippen molar-refractivity contribution in [1.29, 1.82) is 0 Å². The number of hydrogen-bond acceptors (Lipinski definition) is 4. The fraction of sp³-hybridized carbons (Fsp3) is 0.533. The Balaban J connectivity index is 2.84. The molecule has 0 spiro atoms. The Morgan fingerprint density at radius 2 is 2.14 bits per heavy atom. The van der Waals surface area contributed by atoms with E-state index in [0.717, 1.165) is 16.5 Å². The van der Waals surface area contributed by atoms with Crippen LogP contribution in [-0.2, 0) is 11.3 Å². The van der Waals surface area contributed by atoms with Gasteiger partial charge in [-0.3, -0.25) is 4.79 Å². The number of aliphatic carboxylic acids is 1. The average molecular weight is 360 g/mol. The Labute approximate surface area is 133 Å². The van der Waals surface area contributed by atoms with Crippen LogP contribution in [0.2, 0.25) is 0 Å².